The van der Waals surface area contributed by atoms with Crippen LogP contribution in [0.1, 0.15) is 31.7 Å². The summed E-state index contributed by atoms with van der Waals surface area (Å²) in [6.45, 7) is 4.16. The minimum absolute atomic E-state index is 0.0609. The van der Waals surface area contributed by atoms with Gasteiger partial charge in [0.15, 0.2) is 0 Å². The van der Waals surface area contributed by atoms with Crippen LogP contribution in [0, 0.1) is 17.2 Å². The number of anilines is 1. The molecule has 1 N–H and O–H groups in total. The molecule has 2 atom stereocenters. The van der Waals surface area contributed by atoms with Crippen LogP contribution in [0.25, 0.3) is 10.9 Å². The predicted molar refractivity (Wildman–Crippen MR) is 115 cm³/mol. The molecule has 3 heterocycles. The number of halogens is 1. The standard InChI is InChI=1S/C23H28FN5O/c1-23(24)12-17(22(30)27-18-7-10-28(2)11-8-18)14-29(15-23)20-6-5-16(13-25)21-19(20)4-3-9-26-21/h3-6,9,17-18H,7-8,10-12,14-15H2,1-2H3,(H,27,30). The fraction of sp³-hybridized carbons (Fsp3) is 0.522. The maximum absolute atomic E-state index is 15.3. The van der Waals surface area contributed by atoms with Gasteiger partial charge in [0.05, 0.1) is 23.5 Å². The number of benzene rings is 1. The number of nitriles is 1. The topological polar surface area (TPSA) is 72.3 Å². The number of piperidine rings is 2. The predicted octanol–water partition coefficient (Wildman–Crippen LogP) is 2.87. The number of nitrogens with one attached hydrogen (secondary N) is 1. The van der Waals surface area contributed by atoms with Crippen LogP contribution in [0.4, 0.5) is 10.1 Å². The molecule has 2 aliphatic heterocycles. The van der Waals surface area contributed by atoms with Gasteiger partial charge in [-0.15, -0.1) is 0 Å². The summed E-state index contributed by atoms with van der Waals surface area (Å²) in [6, 6.07) is 9.61. The summed E-state index contributed by atoms with van der Waals surface area (Å²) in [7, 11) is 2.09. The van der Waals surface area contributed by atoms with Crippen LogP contribution >= 0.6 is 0 Å². The molecule has 158 valence electrons. The van der Waals surface area contributed by atoms with Gasteiger partial charge in [0.2, 0.25) is 5.91 Å². The van der Waals surface area contributed by atoms with Crippen LogP contribution in [0.3, 0.4) is 0 Å². The molecule has 30 heavy (non-hydrogen) atoms. The minimum atomic E-state index is -1.48. The van der Waals surface area contributed by atoms with E-state index in [0.29, 0.717) is 17.6 Å². The lowest BCUT2D eigenvalue weighted by atomic mass is 9.86. The lowest BCUT2D eigenvalue weighted by molar-refractivity contribution is -0.127. The minimum Gasteiger partial charge on any atom is -0.367 e. The monoisotopic (exact) mass is 409 g/mol. The van der Waals surface area contributed by atoms with Gasteiger partial charge in [0.25, 0.3) is 0 Å². The van der Waals surface area contributed by atoms with Crippen molar-refractivity contribution in [1.29, 1.82) is 5.26 Å². The van der Waals surface area contributed by atoms with E-state index in [9.17, 15) is 10.1 Å². The first-order valence-electron chi connectivity index (χ1n) is 10.6. The molecule has 0 aliphatic carbocycles. The Balaban J connectivity index is 1.57. The second kappa shape index (κ2) is 8.19. The van der Waals surface area contributed by atoms with Crippen molar-refractivity contribution in [3.05, 3.63) is 36.0 Å². The Morgan fingerprint density at radius 3 is 2.83 bits per heavy atom. The molecule has 0 spiro atoms. The third kappa shape index (κ3) is 4.24. The Morgan fingerprint density at radius 1 is 1.33 bits per heavy atom. The molecule has 2 aromatic rings. The Labute approximate surface area is 176 Å². The van der Waals surface area contributed by atoms with Crippen LogP contribution in [0.5, 0.6) is 0 Å². The molecular formula is C23H28FN5O. The van der Waals surface area contributed by atoms with E-state index in [1.165, 1.54) is 0 Å². The van der Waals surface area contributed by atoms with Gasteiger partial charge in [0.1, 0.15) is 11.7 Å². The van der Waals surface area contributed by atoms with Crippen molar-refractivity contribution in [2.45, 2.75) is 37.9 Å². The van der Waals surface area contributed by atoms with E-state index in [1.54, 1.807) is 19.2 Å². The maximum atomic E-state index is 15.3. The van der Waals surface area contributed by atoms with Crippen molar-refractivity contribution in [3.63, 3.8) is 0 Å². The number of alkyl halides is 1. The highest BCUT2D eigenvalue weighted by Gasteiger charge is 2.40. The molecule has 0 bridgehead atoms. The van der Waals surface area contributed by atoms with Crippen LogP contribution < -0.4 is 10.2 Å². The molecule has 0 saturated carbocycles. The molecule has 1 aromatic heterocycles. The number of aromatic nitrogens is 1. The van der Waals surface area contributed by atoms with E-state index < -0.39 is 11.6 Å². The lowest BCUT2D eigenvalue weighted by Crippen LogP contribution is -2.54. The maximum Gasteiger partial charge on any atom is 0.225 e. The highest BCUT2D eigenvalue weighted by Crippen LogP contribution is 2.36. The second-order valence-corrected chi connectivity index (χ2v) is 8.92. The normalized spacial score (nSPS) is 25.8. The van der Waals surface area contributed by atoms with E-state index in [1.807, 2.05) is 23.1 Å². The highest BCUT2D eigenvalue weighted by atomic mass is 19.1. The van der Waals surface area contributed by atoms with Crippen LogP contribution in [0.15, 0.2) is 30.5 Å². The summed E-state index contributed by atoms with van der Waals surface area (Å²) in [5.41, 5.74) is 0.440. The van der Waals surface area contributed by atoms with Gasteiger partial charge < -0.3 is 15.1 Å². The fourth-order valence-corrected chi connectivity index (χ4v) is 4.73. The molecule has 4 rings (SSSR count). The summed E-state index contributed by atoms with van der Waals surface area (Å²) in [4.78, 5) is 21.6. The van der Waals surface area contributed by atoms with Crippen molar-refractivity contribution in [1.82, 2.24) is 15.2 Å². The number of nitrogens with zero attached hydrogens (tertiary/aromatic N) is 4. The molecule has 7 heteroatoms. The second-order valence-electron chi connectivity index (χ2n) is 8.92. The summed E-state index contributed by atoms with van der Waals surface area (Å²) in [5, 5.41) is 13.4. The average molecular weight is 410 g/mol. The Hall–Kier alpha value is -2.72. The number of carbonyl (C=O) groups is 1. The summed E-state index contributed by atoms with van der Waals surface area (Å²) in [5.74, 6) is -0.482. The van der Waals surface area contributed by atoms with Gasteiger partial charge in [-0.2, -0.15) is 5.26 Å². The van der Waals surface area contributed by atoms with Gasteiger partial charge in [-0.05, 0) is 70.6 Å². The van der Waals surface area contributed by atoms with Crippen LogP contribution in [0.2, 0.25) is 0 Å². The Morgan fingerprint density at radius 2 is 2.10 bits per heavy atom. The fourth-order valence-electron chi connectivity index (χ4n) is 4.73. The van der Waals surface area contributed by atoms with Gasteiger partial charge in [0, 0.05) is 29.9 Å². The molecule has 2 aliphatic rings. The number of pyridine rings is 1. The summed E-state index contributed by atoms with van der Waals surface area (Å²) < 4.78 is 15.3. The SMILES string of the molecule is CN1CCC(NC(=O)C2CN(c3ccc(C#N)c4ncccc34)CC(C)(F)C2)CC1. The van der Waals surface area contributed by atoms with Crippen LogP contribution in [-0.4, -0.2) is 60.7 Å². The number of hydrogen-bond acceptors (Lipinski definition) is 5. The zero-order valence-corrected chi connectivity index (χ0v) is 17.6. The third-order valence-electron chi connectivity index (χ3n) is 6.28. The lowest BCUT2D eigenvalue weighted by Gasteiger charge is -2.41. The van der Waals surface area contributed by atoms with Gasteiger partial charge in [-0.1, -0.05) is 0 Å². The zero-order valence-electron chi connectivity index (χ0n) is 17.6. The molecular weight excluding hydrogens is 381 g/mol. The number of fused-ring (bicyclic) bond motifs is 1. The van der Waals surface area contributed by atoms with Crippen molar-refractivity contribution in [3.8, 4) is 6.07 Å². The summed E-state index contributed by atoms with van der Waals surface area (Å²) >= 11 is 0. The molecule has 6 nitrogen and oxygen atoms in total. The highest BCUT2D eigenvalue weighted by molar-refractivity contribution is 5.95. The van der Waals surface area contributed by atoms with Crippen molar-refractivity contribution in [2.24, 2.45) is 5.92 Å². The van der Waals surface area contributed by atoms with Crippen molar-refractivity contribution < 1.29 is 9.18 Å². The van der Waals surface area contributed by atoms with Gasteiger partial charge in [-0.3, -0.25) is 9.78 Å². The number of amides is 1. The smallest absolute Gasteiger partial charge is 0.225 e. The third-order valence-corrected chi connectivity index (χ3v) is 6.28. The van der Waals surface area contributed by atoms with E-state index in [2.05, 4.69) is 28.3 Å². The molecule has 0 radical (unpaired) electrons. The number of rotatable bonds is 3. The van der Waals surface area contributed by atoms with Gasteiger partial charge in [-0.25, -0.2) is 4.39 Å². The number of hydrogen-bond donors (Lipinski definition) is 1. The van der Waals surface area contributed by atoms with E-state index in [0.717, 1.165) is 37.0 Å². The quantitative estimate of drug-likeness (QED) is 0.844. The molecule has 1 aromatic carbocycles. The largest absolute Gasteiger partial charge is 0.367 e. The van der Waals surface area contributed by atoms with Crippen LogP contribution in [-0.2, 0) is 4.79 Å². The number of carbonyl (C=O) groups excluding carboxylic acids is 1. The summed E-state index contributed by atoms with van der Waals surface area (Å²) in [6.07, 6.45) is 3.73. The number of likely N-dealkylation sites (tertiary alicyclic amines) is 1. The molecule has 2 unspecified atom stereocenters. The van der Waals surface area contributed by atoms with Crippen molar-refractivity contribution in [2.75, 3.05) is 38.1 Å². The Bertz CT molecular complexity index is 977. The first-order chi connectivity index (χ1) is 14.4. The molecule has 2 fully saturated rings. The van der Waals surface area contributed by atoms with Gasteiger partial charge >= 0.3 is 0 Å². The van der Waals surface area contributed by atoms with E-state index in [4.69, 9.17) is 0 Å². The Kier molecular flexibility index (Phi) is 5.61. The average Bonchev–Trinajstić information content (AvgIpc) is 2.73. The van der Waals surface area contributed by atoms with E-state index in [-0.39, 0.29) is 24.9 Å². The zero-order chi connectivity index (χ0) is 21.3. The van der Waals surface area contributed by atoms with Crippen molar-refractivity contribution >= 4 is 22.5 Å². The molecule has 1 amide bonds. The van der Waals surface area contributed by atoms with E-state index >= 15 is 4.39 Å². The first kappa shape index (κ1) is 20.5. The molecule has 2 saturated heterocycles. The first-order valence-corrected chi connectivity index (χ1v) is 10.6.